The lowest BCUT2D eigenvalue weighted by atomic mass is 10.0. The maximum Gasteiger partial charge on any atom is 0.0552 e. The van der Waals surface area contributed by atoms with E-state index in [0.717, 1.165) is 19.5 Å². The largest absolute Gasteiger partial charge is 0.370 e. The van der Waals surface area contributed by atoms with E-state index in [-0.39, 0.29) is 5.38 Å². The zero-order valence-corrected chi connectivity index (χ0v) is 8.59. The van der Waals surface area contributed by atoms with Crippen molar-refractivity contribution in [1.29, 1.82) is 0 Å². The van der Waals surface area contributed by atoms with E-state index in [2.05, 4.69) is 36.1 Å². The summed E-state index contributed by atoms with van der Waals surface area (Å²) in [6.07, 6.45) is 1.01. The first-order valence-electron chi connectivity index (χ1n) is 4.78. The molecule has 0 aromatic heterocycles. The number of para-hydroxylation sites is 1. The van der Waals surface area contributed by atoms with Gasteiger partial charge in [0, 0.05) is 18.8 Å². The van der Waals surface area contributed by atoms with E-state index in [4.69, 9.17) is 11.6 Å². The SMILES string of the molecule is CCN1CC(Cl)Cc2ccccc21. The summed E-state index contributed by atoms with van der Waals surface area (Å²) in [5.41, 5.74) is 2.75. The molecular formula is C11H14ClN. The van der Waals surface area contributed by atoms with Crippen LogP contribution in [0.25, 0.3) is 0 Å². The molecule has 1 aromatic rings. The maximum absolute atomic E-state index is 6.18. The van der Waals surface area contributed by atoms with Crippen LogP contribution >= 0.6 is 11.6 Å². The molecule has 0 amide bonds. The van der Waals surface area contributed by atoms with Crippen LogP contribution in [0.3, 0.4) is 0 Å². The van der Waals surface area contributed by atoms with Gasteiger partial charge in [0.05, 0.1) is 5.38 Å². The van der Waals surface area contributed by atoms with Crippen LogP contribution in [0.15, 0.2) is 24.3 Å². The molecule has 0 N–H and O–H groups in total. The lowest BCUT2D eigenvalue weighted by Crippen LogP contribution is -2.35. The molecule has 0 fully saturated rings. The molecule has 1 heterocycles. The number of fused-ring (bicyclic) bond motifs is 1. The average Bonchev–Trinajstić information content (AvgIpc) is 2.16. The highest BCUT2D eigenvalue weighted by molar-refractivity contribution is 6.21. The van der Waals surface area contributed by atoms with Crippen molar-refractivity contribution in [2.45, 2.75) is 18.7 Å². The number of anilines is 1. The molecule has 1 atom stereocenters. The Morgan fingerprint density at radius 2 is 2.23 bits per heavy atom. The predicted molar refractivity (Wildman–Crippen MR) is 57.7 cm³/mol. The molecule has 2 rings (SSSR count). The number of halogens is 1. The Balaban J connectivity index is 2.37. The molecule has 0 bridgehead atoms. The van der Waals surface area contributed by atoms with Crippen LogP contribution in [-0.2, 0) is 6.42 Å². The van der Waals surface area contributed by atoms with Crippen molar-refractivity contribution in [3.8, 4) is 0 Å². The summed E-state index contributed by atoms with van der Waals surface area (Å²) in [7, 11) is 0. The molecule has 2 heteroatoms. The van der Waals surface area contributed by atoms with E-state index in [1.54, 1.807) is 0 Å². The fourth-order valence-electron chi connectivity index (χ4n) is 1.93. The van der Waals surface area contributed by atoms with Gasteiger partial charge in [-0.1, -0.05) is 18.2 Å². The van der Waals surface area contributed by atoms with E-state index >= 15 is 0 Å². The number of nitrogens with zero attached hydrogens (tertiary/aromatic N) is 1. The predicted octanol–water partition coefficient (Wildman–Crippen LogP) is 2.68. The van der Waals surface area contributed by atoms with Crippen LogP contribution in [0, 0.1) is 0 Å². The van der Waals surface area contributed by atoms with Gasteiger partial charge in [0.25, 0.3) is 0 Å². The standard InChI is InChI=1S/C11H14ClN/c1-2-13-8-10(12)7-9-5-3-4-6-11(9)13/h3-6,10H,2,7-8H2,1H3. The van der Waals surface area contributed by atoms with Crippen LogP contribution < -0.4 is 4.90 Å². The normalized spacial score (nSPS) is 21.4. The van der Waals surface area contributed by atoms with Crippen molar-refractivity contribution in [3.63, 3.8) is 0 Å². The average molecular weight is 196 g/mol. The van der Waals surface area contributed by atoms with Crippen molar-refractivity contribution in [2.24, 2.45) is 0 Å². The van der Waals surface area contributed by atoms with Crippen molar-refractivity contribution in [1.82, 2.24) is 0 Å². The number of benzene rings is 1. The zero-order valence-electron chi connectivity index (χ0n) is 7.83. The molecule has 0 radical (unpaired) electrons. The first-order valence-corrected chi connectivity index (χ1v) is 5.22. The van der Waals surface area contributed by atoms with Crippen LogP contribution in [0.1, 0.15) is 12.5 Å². The molecule has 1 aromatic carbocycles. The zero-order chi connectivity index (χ0) is 9.26. The van der Waals surface area contributed by atoms with Gasteiger partial charge in [-0.2, -0.15) is 0 Å². The van der Waals surface area contributed by atoms with E-state index in [9.17, 15) is 0 Å². The molecule has 1 aliphatic rings. The molecule has 13 heavy (non-hydrogen) atoms. The van der Waals surface area contributed by atoms with Crippen LogP contribution in [0.5, 0.6) is 0 Å². The summed E-state index contributed by atoms with van der Waals surface area (Å²) in [5, 5.41) is 0.273. The quantitative estimate of drug-likeness (QED) is 0.623. The monoisotopic (exact) mass is 195 g/mol. The lowest BCUT2D eigenvalue weighted by molar-refractivity contribution is 0.715. The molecule has 1 unspecified atom stereocenters. The molecule has 70 valence electrons. The van der Waals surface area contributed by atoms with Crippen molar-refractivity contribution in [3.05, 3.63) is 29.8 Å². The van der Waals surface area contributed by atoms with Crippen LogP contribution in [0.2, 0.25) is 0 Å². The minimum absolute atomic E-state index is 0.273. The molecule has 1 nitrogen and oxygen atoms in total. The Morgan fingerprint density at radius 1 is 1.46 bits per heavy atom. The van der Waals surface area contributed by atoms with E-state index in [0.29, 0.717) is 0 Å². The summed E-state index contributed by atoms with van der Waals surface area (Å²) in [4.78, 5) is 2.34. The Hall–Kier alpha value is -0.690. The van der Waals surface area contributed by atoms with Gasteiger partial charge in [-0.15, -0.1) is 11.6 Å². The van der Waals surface area contributed by atoms with E-state index in [1.165, 1.54) is 11.3 Å². The fourth-order valence-corrected chi connectivity index (χ4v) is 2.26. The third-order valence-corrected chi connectivity index (χ3v) is 2.87. The van der Waals surface area contributed by atoms with Gasteiger partial charge in [0.15, 0.2) is 0 Å². The molecule has 0 aliphatic carbocycles. The third kappa shape index (κ3) is 1.66. The first-order chi connectivity index (χ1) is 6.31. The van der Waals surface area contributed by atoms with Gasteiger partial charge in [0.2, 0.25) is 0 Å². The topological polar surface area (TPSA) is 3.24 Å². The smallest absolute Gasteiger partial charge is 0.0552 e. The summed E-state index contributed by atoms with van der Waals surface area (Å²) < 4.78 is 0. The van der Waals surface area contributed by atoms with Crippen LogP contribution in [0.4, 0.5) is 5.69 Å². The van der Waals surface area contributed by atoms with Crippen LogP contribution in [-0.4, -0.2) is 18.5 Å². The summed E-state index contributed by atoms with van der Waals surface area (Å²) in [5.74, 6) is 0. The Bertz CT molecular complexity index is 298. The van der Waals surface area contributed by atoms with Gasteiger partial charge in [-0.05, 0) is 25.0 Å². The number of hydrogen-bond donors (Lipinski definition) is 0. The summed E-state index contributed by atoms with van der Waals surface area (Å²) in [6.45, 7) is 4.20. The number of hydrogen-bond acceptors (Lipinski definition) is 1. The third-order valence-electron chi connectivity index (χ3n) is 2.57. The van der Waals surface area contributed by atoms with Gasteiger partial charge in [-0.25, -0.2) is 0 Å². The Labute approximate surface area is 84.3 Å². The van der Waals surface area contributed by atoms with Gasteiger partial charge in [0.1, 0.15) is 0 Å². The number of rotatable bonds is 1. The Kier molecular flexibility index (Phi) is 2.45. The lowest BCUT2D eigenvalue weighted by Gasteiger charge is -2.32. The second kappa shape index (κ2) is 3.59. The van der Waals surface area contributed by atoms with Gasteiger partial charge >= 0.3 is 0 Å². The second-order valence-electron chi connectivity index (χ2n) is 3.47. The molecule has 0 saturated carbocycles. The first kappa shape index (κ1) is 8.89. The Morgan fingerprint density at radius 3 is 3.00 bits per heavy atom. The highest BCUT2D eigenvalue weighted by Gasteiger charge is 2.20. The van der Waals surface area contributed by atoms with E-state index < -0.39 is 0 Å². The van der Waals surface area contributed by atoms with Gasteiger partial charge < -0.3 is 4.90 Å². The highest BCUT2D eigenvalue weighted by Crippen LogP contribution is 2.28. The fraction of sp³-hybridized carbons (Fsp3) is 0.455. The highest BCUT2D eigenvalue weighted by atomic mass is 35.5. The maximum atomic E-state index is 6.18. The van der Waals surface area contributed by atoms with Gasteiger partial charge in [-0.3, -0.25) is 0 Å². The second-order valence-corrected chi connectivity index (χ2v) is 4.09. The van der Waals surface area contributed by atoms with Crippen molar-refractivity contribution >= 4 is 17.3 Å². The minimum Gasteiger partial charge on any atom is -0.370 e. The minimum atomic E-state index is 0.273. The van der Waals surface area contributed by atoms with E-state index in [1.807, 2.05) is 0 Å². The van der Waals surface area contributed by atoms with Crippen molar-refractivity contribution in [2.75, 3.05) is 18.0 Å². The number of alkyl halides is 1. The molecule has 0 spiro atoms. The molecule has 0 saturated heterocycles. The molecular weight excluding hydrogens is 182 g/mol. The molecule has 1 aliphatic heterocycles. The summed E-state index contributed by atoms with van der Waals surface area (Å²) >= 11 is 6.18. The van der Waals surface area contributed by atoms with Crippen molar-refractivity contribution < 1.29 is 0 Å². The summed E-state index contributed by atoms with van der Waals surface area (Å²) in [6, 6.07) is 8.53.